The molecular weight excluding hydrogens is 516 g/mol. The SMILES string of the molecule is COC1=CC(=O)c2cc(-c3ccccc3)ccc2C1=O.COC1=CC(=O)c2cc(Cc3ccccc3)ccc2C1=O. The molecule has 6 rings (SSSR count). The topological polar surface area (TPSA) is 86.7 Å². The van der Waals surface area contributed by atoms with Gasteiger partial charge in [0.2, 0.25) is 11.6 Å². The normalized spacial score (nSPS) is 13.7. The highest BCUT2D eigenvalue weighted by atomic mass is 16.5. The van der Waals surface area contributed by atoms with E-state index < -0.39 is 0 Å². The van der Waals surface area contributed by atoms with E-state index >= 15 is 0 Å². The Balaban J connectivity index is 0.000000165. The van der Waals surface area contributed by atoms with E-state index in [0.29, 0.717) is 22.3 Å². The number of fused-ring (bicyclic) bond motifs is 2. The van der Waals surface area contributed by atoms with Crippen LogP contribution in [0.1, 0.15) is 52.6 Å². The molecule has 0 fully saturated rings. The number of rotatable bonds is 5. The van der Waals surface area contributed by atoms with Gasteiger partial charge in [0.05, 0.1) is 14.2 Å². The van der Waals surface area contributed by atoms with Crippen molar-refractivity contribution < 1.29 is 28.7 Å². The van der Waals surface area contributed by atoms with E-state index in [4.69, 9.17) is 9.47 Å². The number of ketones is 4. The first-order valence-corrected chi connectivity index (χ1v) is 13.0. The van der Waals surface area contributed by atoms with Gasteiger partial charge in [0.1, 0.15) is 0 Å². The maximum atomic E-state index is 12.1. The molecule has 41 heavy (non-hydrogen) atoms. The molecule has 0 unspecified atom stereocenters. The van der Waals surface area contributed by atoms with Crippen LogP contribution in [0.3, 0.4) is 0 Å². The van der Waals surface area contributed by atoms with Gasteiger partial charge >= 0.3 is 0 Å². The number of benzene rings is 4. The number of allylic oxidation sites excluding steroid dienone is 4. The molecule has 202 valence electrons. The standard InChI is InChI=1S/C18H14O3.C17H12O3/c1-21-17-11-16(19)15-10-13(7-8-14(15)18(17)20)9-12-5-3-2-4-6-12;1-20-16-10-15(18)14-9-12(7-8-13(14)17(16)19)11-5-3-2-4-6-11/h2-8,10-11H,9H2,1H3;2-10H,1H3. The van der Waals surface area contributed by atoms with Crippen LogP contribution in [-0.2, 0) is 15.9 Å². The molecule has 4 aromatic carbocycles. The summed E-state index contributed by atoms with van der Waals surface area (Å²) in [5.74, 6) is -0.677. The Morgan fingerprint density at radius 3 is 1.56 bits per heavy atom. The molecule has 0 aliphatic heterocycles. The van der Waals surface area contributed by atoms with Crippen LogP contribution in [0.25, 0.3) is 11.1 Å². The van der Waals surface area contributed by atoms with Gasteiger partial charge in [-0.15, -0.1) is 0 Å². The van der Waals surface area contributed by atoms with Crippen LogP contribution in [0.15, 0.2) is 121 Å². The molecule has 6 nitrogen and oxygen atoms in total. The average Bonchev–Trinajstić information content (AvgIpc) is 3.01. The molecule has 0 amide bonds. The van der Waals surface area contributed by atoms with Gasteiger partial charge in [-0.1, -0.05) is 72.8 Å². The quantitative estimate of drug-likeness (QED) is 0.288. The van der Waals surface area contributed by atoms with Crippen LogP contribution in [0, 0.1) is 0 Å². The lowest BCUT2D eigenvalue weighted by Gasteiger charge is -2.15. The second kappa shape index (κ2) is 11.8. The van der Waals surface area contributed by atoms with Crippen molar-refractivity contribution in [2.45, 2.75) is 6.42 Å². The minimum atomic E-state index is -0.248. The van der Waals surface area contributed by atoms with E-state index in [1.807, 2.05) is 72.8 Å². The van der Waals surface area contributed by atoms with Crippen molar-refractivity contribution in [3.63, 3.8) is 0 Å². The fourth-order valence-electron chi connectivity index (χ4n) is 4.78. The molecule has 0 spiro atoms. The molecule has 6 heteroatoms. The molecule has 0 radical (unpaired) electrons. The van der Waals surface area contributed by atoms with Crippen molar-refractivity contribution in [3.8, 4) is 11.1 Å². The predicted molar refractivity (Wildman–Crippen MR) is 155 cm³/mol. The van der Waals surface area contributed by atoms with Gasteiger partial charge in [-0.2, -0.15) is 0 Å². The zero-order valence-corrected chi connectivity index (χ0v) is 22.5. The third-order valence-electron chi connectivity index (χ3n) is 6.89. The molecule has 2 aliphatic carbocycles. The highest BCUT2D eigenvalue weighted by molar-refractivity contribution is 6.24. The van der Waals surface area contributed by atoms with Crippen LogP contribution in [0.5, 0.6) is 0 Å². The van der Waals surface area contributed by atoms with E-state index in [2.05, 4.69) is 0 Å². The smallest absolute Gasteiger partial charge is 0.228 e. The number of Topliss-reactive ketones (excluding diaryl/α,β-unsaturated/α-hetero) is 2. The number of hydrogen-bond donors (Lipinski definition) is 0. The zero-order chi connectivity index (χ0) is 28.9. The Bertz CT molecular complexity index is 1730. The molecule has 0 saturated heterocycles. The van der Waals surface area contributed by atoms with E-state index in [0.717, 1.165) is 23.1 Å². The molecule has 0 atom stereocenters. The second-order valence-corrected chi connectivity index (χ2v) is 9.48. The summed E-state index contributed by atoms with van der Waals surface area (Å²) < 4.78 is 9.88. The van der Waals surface area contributed by atoms with Gasteiger partial charge in [0.25, 0.3) is 0 Å². The van der Waals surface area contributed by atoms with Gasteiger partial charge in [0, 0.05) is 34.4 Å². The molecule has 0 saturated carbocycles. The summed E-state index contributed by atoms with van der Waals surface area (Å²) >= 11 is 0. The highest BCUT2D eigenvalue weighted by Crippen LogP contribution is 2.28. The summed E-state index contributed by atoms with van der Waals surface area (Å²) in [6, 6.07) is 30.4. The minimum absolute atomic E-state index is 0.0926. The molecule has 0 heterocycles. The Kier molecular flexibility index (Phi) is 7.83. The minimum Gasteiger partial charge on any atom is -0.492 e. The van der Waals surface area contributed by atoms with Gasteiger partial charge in [0.15, 0.2) is 23.1 Å². The van der Waals surface area contributed by atoms with Crippen molar-refractivity contribution in [1.29, 1.82) is 0 Å². The first-order valence-electron chi connectivity index (χ1n) is 13.0. The summed E-state index contributed by atoms with van der Waals surface area (Å²) in [6.07, 6.45) is 3.24. The summed E-state index contributed by atoms with van der Waals surface area (Å²) in [4.78, 5) is 48.4. The maximum Gasteiger partial charge on any atom is 0.228 e. The lowest BCUT2D eigenvalue weighted by molar-refractivity contribution is 0.0916. The van der Waals surface area contributed by atoms with E-state index in [9.17, 15) is 19.2 Å². The summed E-state index contributed by atoms with van der Waals surface area (Å²) in [6.45, 7) is 0. The van der Waals surface area contributed by atoms with Crippen LogP contribution in [-0.4, -0.2) is 37.4 Å². The predicted octanol–water partition coefficient (Wildman–Crippen LogP) is 6.45. The van der Waals surface area contributed by atoms with Crippen molar-refractivity contribution >= 4 is 23.1 Å². The maximum absolute atomic E-state index is 12.1. The number of ether oxygens (including phenoxy) is 2. The Labute approximate surface area is 237 Å². The summed E-state index contributed by atoms with van der Waals surface area (Å²) in [7, 11) is 2.78. The van der Waals surface area contributed by atoms with E-state index in [1.54, 1.807) is 24.3 Å². The van der Waals surface area contributed by atoms with Crippen molar-refractivity contribution in [2.24, 2.45) is 0 Å². The van der Waals surface area contributed by atoms with Crippen LogP contribution >= 0.6 is 0 Å². The third kappa shape index (κ3) is 5.68. The first kappa shape index (κ1) is 27.2. The fourth-order valence-corrected chi connectivity index (χ4v) is 4.78. The summed E-state index contributed by atoms with van der Waals surface area (Å²) in [5.41, 5.74) is 5.80. The number of carbonyl (C=O) groups is 4. The summed E-state index contributed by atoms with van der Waals surface area (Å²) in [5, 5.41) is 0. The van der Waals surface area contributed by atoms with Crippen molar-refractivity contribution in [3.05, 3.63) is 154 Å². The van der Waals surface area contributed by atoms with Crippen molar-refractivity contribution in [1.82, 2.24) is 0 Å². The molecular formula is C35H26O6. The monoisotopic (exact) mass is 542 g/mol. The van der Waals surface area contributed by atoms with Crippen LogP contribution in [0.4, 0.5) is 0 Å². The van der Waals surface area contributed by atoms with Crippen LogP contribution < -0.4 is 0 Å². The number of hydrogen-bond acceptors (Lipinski definition) is 6. The Morgan fingerprint density at radius 1 is 0.488 bits per heavy atom. The Hall–Kier alpha value is -5.36. The zero-order valence-electron chi connectivity index (χ0n) is 22.5. The molecule has 2 aliphatic rings. The van der Waals surface area contributed by atoms with Crippen molar-refractivity contribution in [2.75, 3.05) is 14.2 Å². The Morgan fingerprint density at radius 2 is 1.00 bits per heavy atom. The molecule has 4 aromatic rings. The molecule has 0 aromatic heterocycles. The van der Waals surface area contributed by atoms with E-state index in [-0.39, 0.29) is 34.7 Å². The van der Waals surface area contributed by atoms with E-state index in [1.165, 1.54) is 31.9 Å². The lowest BCUT2D eigenvalue weighted by Crippen LogP contribution is -2.18. The highest BCUT2D eigenvalue weighted by Gasteiger charge is 2.27. The van der Waals surface area contributed by atoms with Gasteiger partial charge in [-0.3, -0.25) is 19.2 Å². The third-order valence-corrected chi connectivity index (χ3v) is 6.89. The van der Waals surface area contributed by atoms with Gasteiger partial charge in [-0.05, 0) is 52.9 Å². The lowest BCUT2D eigenvalue weighted by atomic mass is 9.90. The first-order chi connectivity index (χ1) is 19.9. The number of carbonyl (C=O) groups excluding carboxylic acids is 4. The second-order valence-electron chi connectivity index (χ2n) is 9.48. The van der Waals surface area contributed by atoms with Gasteiger partial charge < -0.3 is 9.47 Å². The van der Waals surface area contributed by atoms with Gasteiger partial charge in [-0.25, -0.2) is 0 Å². The molecule has 0 N–H and O–H groups in total. The van der Waals surface area contributed by atoms with Crippen LogP contribution in [0.2, 0.25) is 0 Å². The number of methoxy groups -OCH3 is 2. The fraction of sp³-hybridized carbons (Fsp3) is 0.0857. The largest absolute Gasteiger partial charge is 0.492 e. The average molecular weight is 543 g/mol. The molecule has 0 bridgehead atoms.